The highest BCUT2D eigenvalue weighted by Crippen LogP contribution is 2.23. The predicted octanol–water partition coefficient (Wildman–Crippen LogP) is 0.657. The Bertz CT molecular complexity index is 908. The van der Waals surface area contributed by atoms with Crippen molar-refractivity contribution < 1.29 is 29.4 Å². The van der Waals surface area contributed by atoms with Crippen LogP contribution in [0, 0.1) is 0 Å². The van der Waals surface area contributed by atoms with Gasteiger partial charge < -0.3 is 10.2 Å². The molecule has 0 aromatic heterocycles. The maximum atomic E-state index is 12.5. The van der Waals surface area contributed by atoms with Gasteiger partial charge in [-0.25, -0.2) is 15.1 Å². The van der Waals surface area contributed by atoms with Gasteiger partial charge in [0.05, 0.1) is 17.7 Å². The molecule has 2 aromatic rings. The number of carboxylic acids is 1. The molecule has 1 aliphatic heterocycles. The SMILES string of the molecule is O=C(O)c1ccc(N2C(=O)C[C@H](NNC(=O)c3ccc(O)cc3)C2=O)cc1. The van der Waals surface area contributed by atoms with E-state index in [1.807, 2.05) is 0 Å². The molecule has 2 aromatic carbocycles. The molecular weight excluding hydrogens is 354 g/mol. The monoisotopic (exact) mass is 369 g/mol. The minimum absolute atomic E-state index is 0.0145. The molecule has 1 atom stereocenters. The molecule has 138 valence electrons. The lowest BCUT2D eigenvalue weighted by Crippen LogP contribution is -2.48. The van der Waals surface area contributed by atoms with E-state index in [4.69, 9.17) is 5.11 Å². The quantitative estimate of drug-likeness (QED) is 0.449. The lowest BCUT2D eigenvalue weighted by atomic mass is 10.2. The number of hydrogen-bond acceptors (Lipinski definition) is 6. The summed E-state index contributed by atoms with van der Waals surface area (Å²) in [5, 5.41) is 18.1. The van der Waals surface area contributed by atoms with Crippen LogP contribution in [0.15, 0.2) is 48.5 Å². The van der Waals surface area contributed by atoms with E-state index in [0.717, 1.165) is 4.90 Å². The van der Waals surface area contributed by atoms with Gasteiger partial charge >= 0.3 is 5.97 Å². The van der Waals surface area contributed by atoms with Crippen LogP contribution >= 0.6 is 0 Å². The molecule has 0 aliphatic carbocycles. The number of aromatic carboxylic acids is 1. The van der Waals surface area contributed by atoms with E-state index in [-0.39, 0.29) is 29.0 Å². The van der Waals surface area contributed by atoms with Crippen LogP contribution in [-0.4, -0.2) is 39.9 Å². The number of rotatable bonds is 5. The first-order chi connectivity index (χ1) is 12.9. The second-order valence-corrected chi connectivity index (χ2v) is 5.82. The average molecular weight is 369 g/mol. The number of carboxylic acid groups (broad SMARTS) is 1. The number of carbonyl (C=O) groups is 4. The fourth-order valence-electron chi connectivity index (χ4n) is 2.61. The van der Waals surface area contributed by atoms with Gasteiger partial charge in [-0.15, -0.1) is 0 Å². The minimum Gasteiger partial charge on any atom is -0.508 e. The van der Waals surface area contributed by atoms with Gasteiger partial charge in [-0.2, -0.15) is 0 Å². The lowest BCUT2D eigenvalue weighted by Gasteiger charge is -2.16. The molecule has 3 amide bonds. The molecule has 1 heterocycles. The van der Waals surface area contributed by atoms with E-state index in [2.05, 4.69) is 10.9 Å². The third kappa shape index (κ3) is 3.77. The highest BCUT2D eigenvalue weighted by molar-refractivity contribution is 6.22. The van der Waals surface area contributed by atoms with Crippen molar-refractivity contribution in [2.24, 2.45) is 0 Å². The molecule has 9 nitrogen and oxygen atoms in total. The van der Waals surface area contributed by atoms with Gasteiger partial charge in [-0.3, -0.25) is 19.8 Å². The van der Waals surface area contributed by atoms with E-state index in [1.165, 1.54) is 48.5 Å². The summed E-state index contributed by atoms with van der Waals surface area (Å²) < 4.78 is 0. The van der Waals surface area contributed by atoms with Crippen LogP contribution in [-0.2, 0) is 9.59 Å². The minimum atomic E-state index is -1.11. The molecule has 0 spiro atoms. The van der Waals surface area contributed by atoms with E-state index in [1.54, 1.807) is 0 Å². The third-order valence-corrected chi connectivity index (χ3v) is 4.01. The van der Waals surface area contributed by atoms with Gasteiger partial charge in [-0.1, -0.05) is 0 Å². The van der Waals surface area contributed by atoms with Crippen LogP contribution in [0.3, 0.4) is 0 Å². The molecule has 0 bridgehead atoms. The number of anilines is 1. The summed E-state index contributed by atoms with van der Waals surface area (Å²) in [5.74, 6) is -2.66. The van der Waals surface area contributed by atoms with Crippen LogP contribution in [0.4, 0.5) is 5.69 Å². The molecule has 0 saturated carbocycles. The average Bonchev–Trinajstić information content (AvgIpc) is 2.94. The number of carbonyl (C=O) groups excluding carboxylic acids is 3. The molecule has 0 radical (unpaired) electrons. The van der Waals surface area contributed by atoms with Crippen LogP contribution in [0.25, 0.3) is 0 Å². The highest BCUT2D eigenvalue weighted by atomic mass is 16.4. The summed E-state index contributed by atoms with van der Waals surface area (Å²) in [6, 6.07) is 9.90. The number of imide groups is 1. The standard InChI is InChI=1S/C18H15N3O6/c22-13-7-3-10(4-8-13)16(24)20-19-14-9-15(23)21(17(14)25)12-5-1-11(2-6-12)18(26)27/h1-8,14,19,22H,9H2,(H,20,24)(H,26,27)/t14-/m0/s1. The number of nitrogens with one attached hydrogen (secondary N) is 2. The molecule has 3 rings (SSSR count). The zero-order valence-electron chi connectivity index (χ0n) is 13.9. The maximum absolute atomic E-state index is 12.5. The number of amides is 3. The van der Waals surface area contributed by atoms with Gasteiger partial charge in [0.1, 0.15) is 11.8 Å². The fourth-order valence-corrected chi connectivity index (χ4v) is 2.61. The van der Waals surface area contributed by atoms with Gasteiger partial charge in [0.15, 0.2) is 0 Å². The smallest absolute Gasteiger partial charge is 0.335 e. The van der Waals surface area contributed by atoms with E-state index >= 15 is 0 Å². The Labute approximate surface area is 153 Å². The van der Waals surface area contributed by atoms with Crippen LogP contribution < -0.4 is 15.8 Å². The first kappa shape index (κ1) is 18.1. The first-order valence-corrected chi connectivity index (χ1v) is 7.92. The van der Waals surface area contributed by atoms with Crippen LogP contribution in [0.2, 0.25) is 0 Å². The number of nitrogens with zero attached hydrogens (tertiary/aromatic N) is 1. The summed E-state index contributed by atoms with van der Waals surface area (Å²) in [6.07, 6.45) is -0.157. The van der Waals surface area contributed by atoms with Gasteiger partial charge in [0.2, 0.25) is 5.91 Å². The number of aromatic hydroxyl groups is 1. The van der Waals surface area contributed by atoms with Crippen molar-refractivity contribution in [2.45, 2.75) is 12.5 Å². The van der Waals surface area contributed by atoms with Crippen molar-refractivity contribution >= 4 is 29.4 Å². The molecule has 9 heteroatoms. The van der Waals surface area contributed by atoms with Crippen molar-refractivity contribution in [2.75, 3.05) is 4.90 Å². The summed E-state index contributed by atoms with van der Waals surface area (Å²) >= 11 is 0. The third-order valence-electron chi connectivity index (χ3n) is 4.01. The van der Waals surface area contributed by atoms with Crippen molar-refractivity contribution in [3.63, 3.8) is 0 Å². The fraction of sp³-hybridized carbons (Fsp3) is 0.111. The van der Waals surface area contributed by atoms with Crippen molar-refractivity contribution in [3.8, 4) is 5.75 Å². The summed E-state index contributed by atoms with van der Waals surface area (Å²) in [6.45, 7) is 0. The largest absolute Gasteiger partial charge is 0.508 e. The van der Waals surface area contributed by atoms with Gasteiger partial charge in [0, 0.05) is 5.56 Å². The first-order valence-electron chi connectivity index (χ1n) is 7.92. The zero-order valence-corrected chi connectivity index (χ0v) is 13.9. The molecule has 1 saturated heterocycles. The van der Waals surface area contributed by atoms with Crippen molar-refractivity contribution in [1.82, 2.24) is 10.9 Å². The Morgan fingerprint density at radius 1 is 0.963 bits per heavy atom. The van der Waals surface area contributed by atoms with E-state index in [9.17, 15) is 24.3 Å². The number of benzene rings is 2. The number of phenolic OH excluding ortho intramolecular Hbond substituents is 1. The van der Waals surface area contributed by atoms with E-state index in [0.29, 0.717) is 0 Å². The van der Waals surface area contributed by atoms with Gasteiger partial charge in [-0.05, 0) is 48.5 Å². The Morgan fingerprint density at radius 3 is 2.15 bits per heavy atom. The molecule has 27 heavy (non-hydrogen) atoms. The predicted molar refractivity (Wildman–Crippen MR) is 93.0 cm³/mol. The molecule has 1 aliphatic rings. The summed E-state index contributed by atoms with van der Waals surface area (Å²) in [5.41, 5.74) is 5.45. The van der Waals surface area contributed by atoms with Crippen molar-refractivity contribution in [3.05, 3.63) is 59.7 Å². The lowest BCUT2D eigenvalue weighted by molar-refractivity contribution is -0.121. The summed E-state index contributed by atoms with van der Waals surface area (Å²) in [7, 11) is 0. The Morgan fingerprint density at radius 2 is 1.56 bits per heavy atom. The molecule has 4 N–H and O–H groups in total. The topological polar surface area (TPSA) is 136 Å². The van der Waals surface area contributed by atoms with Crippen molar-refractivity contribution in [1.29, 1.82) is 0 Å². The normalized spacial score (nSPS) is 16.4. The van der Waals surface area contributed by atoms with Crippen LogP contribution in [0.5, 0.6) is 5.75 Å². The van der Waals surface area contributed by atoms with E-state index < -0.39 is 29.7 Å². The Balaban J connectivity index is 1.66. The zero-order chi connectivity index (χ0) is 19.6. The highest BCUT2D eigenvalue weighted by Gasteiger charge is 2.39. The molecule has 1 fully saturated rings. The van der Waals surface area contributed by atoms with Crippen LogP contribution in [0.1, 0.15) is 27.1 Å². The Kier molecular flexibility index (Phi) is 4.86. The Hall–Kier alpha value is -3.72. The molecule has 0 unspecified atom stereocenters. The number of hydrogen-bond donors (Lipinski definition) is 4. The second-order valence-electron chi connectivity index (χ2n) is 5.82. The number of hydrazine groups is 1. The summed E-state index contributed by atoms with van der Waals surface area (Å²) in [4.78, 5) is 48.5. The second kappa shape index (κ2) is 7.26. The number of phenols is 1. The maximum Gasteiger partial charge on any atom is 0.335 e. The molecular formula is C18H15N3O6. The van der Waals surface area contributed by atoms with Gasteiger partial charge in [0.25, 0.3) is 11.8 Å².